The van der Waals surface area contributed by atoms with Gasteiger partial charge in [0, 0.05) is 43.0 Å². The Balaban J connectivity index is 1.60. The molecule has 3 rings (SSSR count). The molecular weight excluding hydrogens is 312 g/mol. The van der Waals surface area contributed by atoms with Crippen molar-refractivity contribution >= 4 is 11.6 Å². The standard InChI is InChI=1S/C19H24N6/c1-13(2)19-22-14(3)10-17(24-19)23-16-6-8-25(9-7-16)18-5-4-15(11-20)12-21-18/h4-5,10,12-13,16H,6-9H2,1-3H3,(H,22,23,24). The summed E-state index contributed by atoms with van der Waals surface area (Å²) >= 11 is 0. The number of piperidine rings is 1. The van der Waals surface area contributed by atoms with Gasteiger partial charge in [0.05, 0.1) is 5.56 Å². The van der Waals surface area contributed by atoms with Gasteiger partial charge in [-0.25, -0.2) is 15.0 Å². The summed E-state index contributed by atoms with van der Waals surface area (Å²) in [6.45, 7) is 8.12. The van der Waals surface area contributed by atoms with Crippen LogP contribution in [-0.4, -0.2) is 34.1 Å². The van der Waals surface area contributed by atoms with E-state index in [1.54, 1.807) is 6.20 Å². The van der Waals surface area contributed by atoms with E-state index in [-0.39, 0.29) is 0 Å². The second-order valence-electron chi connectivity index (χ2n) is 6.83. The zero-order valence-corrected chi connectivity index (χ0v) is 15.0. The Hall–Kier alpha value is -2.68. The van der Waals surface area contributed by atoms with Crippen molar-refractivity contribution in [1.82, 2.24) is 15.0 Å². The normalized spacial score (nSPS) is 15.2. The van der Waals surface area contributed by atoms with E-state index in [4.69, 9.17) is 5.26 Å². The van der Waals surface area contributed by atoms with E-state index in [1.807, 2.05) is 25.1 Å². The summed E-state index contributed by atoms with van der Waals surface area (Å²) in [6, 6.07) is 8.27. The maximum absolute atomic E-state index is 8.86. The molecule has 1 saturated heterocycles. The molecule has 2 aromatic rings. The van der Waals surface area contributed by atoms with Crippen molar-refractivity contribution in [3.8, 4) is 6.07 Å². The van der Waals surface area contributed by atoms with Crippen molar-refractivity contribution in [2.75, 3.05) is 23.3 Å². The lowest BCUT2D eigenvalue weighted by atomic mass is 10.0. The third kappa shape index (κ3) is 4.24. The van der Waals surface area contributed by atoms with Crippen molar-refractivity contribution in [3.63, 3.8) is 0 Å². The van der Waals surface area contributed by atoms with Crippen LogP contribution < -0.4 is 10.2 Å². The van der Waals surface area contributed by atoms with E-state index < -0.39 is 0 Å². The van der Waals surface area contributed by atoms with Crippen LogP contribution in [0.25, 0.3) is 0 Å². The summed E-state index contributed by atoms with van der Waals surface area (Å²) in [5.74, 6) is 3.08. The van der Waals surface area contributed by atoms with Crippen molar-refractivity contribution in [2.45, 2.75) is 45.6 Å². The molecule has 1 N–H and O–H groups in total. The molecule has 0 saturated carbocycles. The van der Waals surface area contributed by atoms with Crippen LogP contribution in [0.1, 0.15) is 49.7 Å². The van der Waals surface area contributed by atoms with Gasteiger partial charge in [0.1, 0.15) is 23.5 Å². The predicted molar refractivity (Wildman–Crippen MR) is 98.7 cm³/mol. The van der Waals surface area contributed by atoms with Crippen molar-refractivity contribution in [2.24, 2.45) is 0 Å². The molecule has 3 heterocycles. The number of anilines is 2. The monoisotopic (exact) mass is 336 g/mol. The summed E-state index contributed by atoms with van der Waals surface area (Å²) in [6.07, 6.45) is 3.69. The summed E-state index contributed by atoms with van der Waals surface area (Å²) in [5.41, 5.74) is 1.60. The first kappa shape index (κ1) is 17.2. The van der Waals surface area contributed by atoms with Crippen LogP contribution in [0.15, 0.2) is 24.4 Å². The number of nitrogens with zero attached hydrogens (tertiary/aromatic N) is 5. The van der Waals surface area contributed by atoms with Gasteiger partial charge in [-0.2, -0.15) is 5.26 Å². The molecule has 25 heavy (non-hydrogen) atoms. The number of nitriles is 1. The van der Waals surface area contributed by atoms with Gasteiger partial charge in [-0.3, -0.25) is 0 Å². The smallest absolute Gasteiger partial charge is 0.133 e. The van der Waals surface area contributed by atoms with Crippen LogP contribution in [0.2, 0.25) is 0 Å². The second kappa shape index (κ2) is 7.47. The Morgan fingerprint density at radius 3 is 2.60 bits per heavy atom. The van der Waals surface area contributed by atoms with Crippen LogP contribution >= 0.6 is 0 Å². The van der Waals surface area contributed by atoms with Gasteiger partial charge in [0.2, 0.25) is 0 Å². The maximum atomic E-state index is 8.86. The van der Waals surface area contributed by atoms with Crippen molar-refractivity contribution in [3.05, 3.63) is 41.5 Å². The van der Waals surface area contributed by atoms with Gasteiger partial charge in [-0.05, 0) is 31.9 Å². The fourth-order valence-electron chi connectivity index (χ4n) is 3.02. The fraction of sp³-hybridized carbons (Fsp3) is 0.474. The lowest BCUT2D eigenvalue weighted by molar-refractivity contribution is 0.522. The number of rotatable bonds is 4. The minimum atomic E-state index is 0.324. The van der Waals surface area contributed by atoms with E-state index in [1.165, 1.54) is 0 Å². The molecule has 0 aliphatic carbocycles. The molecule has 0 radical (unpaired) electrons. The minimum absolute atomic E-state index is 0.324. The van der Waals surface area contributed by atoms with E-state index in [2.05, 4.69) is 45.1 Å². The fourth-order valence-corrected chi connectivity index (χ4v) is 3.02. The Morgan fingerprint density at radius 1 is 1.24 bits per heavy atom. The summed E-state index contributed by atoms with van der Waals surface area (Å²) in [4.78, 5) is 15.8. The molecule has 6 nitrogen and oxygen atoms in total. The first-order chi connectivity index (χ1) is 12.0. The van der Waals surface area contributed by atoms with Crippen LogP contribution in [0, 0.1) is 18.3 Å². The predicted octanol–water partition coefficient (Wildman–Crippen LogP) is 3.26. The molecule has 6 heteroatoms. The number of pyridine rings is 1. The molecule has 0 aromatic carbocycles. The van der Waals surface area contributed by atoms with E-state index in [9.17, 15) is 0 Å². The molecule has 2 aromatic heterocycles. The molecule has 0 atom stereocenters. The third-order valence-electron chi connectivity index (χ3n) is 4.44. The lowest BCUT2D eigenvalue weighted by Crippen LogP contribution is -2.39. The van der Waals surface area contributed by atoms with E-state index in [0.717, 1.165) is 49.1 Å². The number of nitrogens with one attached hydrogen (secondary N) is 1. The SMILES string of the molecule is Cc1cc(NC2CCN(c3ccc(C#N)cn3)CC2)nc(C(C)C)n1. The molecule has 0 unspecified atom stereocenters. The van der Waals surface area contributed by atoms with Crippen LogP contribution in [-0.2, 0) is 0 Å². The molecule has 0 amide bonds. The van der Waals surface area contributed by atoms with Crippen molar-refractivity contribution in [1.29, 1.82) is 5.26 Å². The number of hydrogen-bond donors (Lipinski definition) is 1. The van der Waals surface area contributed by atoms with Gasteiger partial charge >= 0.3 is 0 Å². The Morgan fingerprint density at radius 2 is 2.00 bits per heavy atom. The van der Waals surface area contributed by atoms with E-state index >= 15 is 0 Å². The van der Waals surface area contributed by atoms with Crippen LogP contribution in [0.3, 0.4) is 0 Å². The highest BCUT2D eigenvalue weighted by Crippen LogP contribution is 2.21. The lowest BCUT2D eigenvalue weighted by Gasteiger charge is -2.33. The van der Waals surface area contributed by atoms with Crippen LogP contribution in [0.5, 0.6) is 0 Å². The Labute approximate surface area is 148 Å². The summed E-state index contributed by atoms with van der Waals surface area (Å²) in [5, 5.41) is 12.4. The highest BCUT2D eigenvalue weighted by Gasteiger charge is 2.20. The molecule has 1 fully saturated rings. The van der Waals surface area contributed by atoms with Gasteiger partial charge in [0.25, 0.3) is 0 Å². The number of aromatic nitrogens is 3. The van der Waals surface area contributed by atoms with Gasteiger partial charge in [0.15, 0.2) is 0 Å². The molecule has 0 spiro atoms. The van der Waals surface area contributed by atoms with Crippen LogP contribution in [0.4, 0.5) is 11.6 Å². The quantitative estimate of drug-likeness (QED) is 0.923. The average molecular weight is 336 g/mol. The first-order valence-electron chi connectivity index (χ1n) is 8.78. The van der Waals surface area contributed by atoms with E-state index in [0.29, 0.717) is 17.5 Å². The van der Waals surface area contributed by atoms with Gasteiger partial charge in [-0.15, -0.1) is 0 Å². The minimum Gasteiger partial charge on any atom is -0.367 e. The summed E-state index contributed by atoms with van der Waals surface area (Å²) in [7, 11) is 0. The summed E-state index contributed by atoms with van der Waals surface area (Å²) < 4.78 is 0. The number of hydrogen-bond acceptors (Lipinski definition) is 6. The molecule has 1 aliphatic rings. The topological polar surface area (TPSA) is 77.7 Å². The average Bonchev–Trinajstić information content (AvgIpc) is 2.62. The van der Waals surface area contributed by atoms with Crippen molar-refractivity contribution < 1.29 is 0 Å². The Kier molecular flexibility index (Phi) is 5.13. The Bertz CT molecular complexity index is 754. The zero-order valence-electron chi connectivity index (χ0n) is 15.0. The zero-order chi connectivity index (χ0) is 17.8. The largest absolute Gasteiger partial charge is 0.367 e. The maximum Gasteiger partial charge on any atom is 0.133 e. The number of aryl methyl sites for hydroxylation is 1. The molecule has 130 valence electrons. The molecule has 1 aliphatic heterocycles. The van der Waals surface area contributed by atoms with Gasteiger partial charge < -0.3 is 10.2 Å². The molecular formula is C19H24N6. The highest BCUT2D eigenvalue weighted by atomic mass is 15.2. The highest BCUT2D eigenvalue weighted by molar-refractivity contribution is 5.43. The molecule has 0 bridgehead atoms. The second-order valence-corrected chi connectivity index (χ2v) is 6.83. The first-order valence-corrected chi connectivity index (χ1v) is 8.78. The third-order valence-corrected chi connectivity index (χ3v) is 4.44. The van der Waals surface area contributed by atoms with Gasteiger partial charge in [-0.1, -0.05) is 13.8 Å².